The second-order valence-corrected chi connectivity index (χ2v) is 6.32. The van der Waals surface area contributed by atoms with Crippen LogP contribution >= 0.6 is 0 Å². The van der Waals surface area contributed by atoms with E-state index in [4.69, 9.17) is 0 Å². The van der Waals surface area contributed by atoms with Gasteiger partial charge in [-0.05, 0) is 29.3 Å². The second kappa shape index (κ2) is 7.47. The van der Waals surface area contributed by atoms with Gasteiger partial charge in [0.25, 0.3) is 5.91 Å². The van der Waals surface area contributed by atoms with Crippen LogP contribution in [0.5, 0.6) is 0 Å². The van der Waals surface area contributed by atoms with Gasteiger partial charge in [0.1, 0.15) is 0 Å². The van der Waals surface area contributed by atoms with Gasteiger partial charge in [-0.2, -0.15) is 13.2 Å². The maximum Gasteiger partial charge on any atom is 0.416 e. The Balaban J connectivity index is 1.78. The van der Waals surface area contributed by atoms with Crippen molar-refractivity contribution in [1.82, 2.24) is 10.6 Å². The van der Waals surface area contributed by atoms with Crippen molar-refractivity contribution in [2.45, 2.75) is 12.3 Å². The molecule has 1 saturated heterocycles. The lowest BCUT2D eigenvalue weighted by atomic mass is 9.98. The summed E-state index contributed by atoms with van der Waals surface area (Å²) in [5.74, 6) is -0.378. The summed E-state index contributed by atoms with van der Waals surface area (Å²) in [4.78, 5) is 12.5. The minimum atomic E-state index is -4.40. The molecule has 1 aliphatic heterocycles. The number of benzene rings is 2. The number of hydrogen-bond donors (Lipinski definition) is 3. The molecule has 138 valence electrons. The summed E-state index contributed by atoms with van der Waals surface area (Å²) < 4.78 is 38.2. The lowest BCUT2D eigenvalue weighted by Crippen LogP contribution is -2.34. The average Bonchev–Trinajstić information content (AvgIpc) is 3.04. The summed E-state index contributed by atoms with van der Waals surface area (Å²) in [5, 5.41) is 15.6. The average molecular weight is 364 g/mol. The van der Waals surface area contributed by atoms with Crippen molar-refractivity contribution >= 4 is 5.91 Å². The normalized spacial score (nSPS) is 20.2. The zero-order chi connectivity index (χ0) is 18.7. The van der Waals surface area contributed by atoms with E-state index in [-0.39, 0.29) is 11.8 Å². The van der Waals surface area contributed by atoms with E-state index in [1.54, 1.807) is 24.3 Å². The zero-order valence-corrected chi connectivity index (χ0v) is 13.9. The van der Waals surface area contributed by atoms with Crippen molar-refractivity contribution in [1.29, 1.82) is 0 Å². The van der Waals surface area contributed by atoms with Crippen LogP contribution in [0.4, 0.5) is 13.2 Å². The molecule has 2 aromatic rings. The summed E-state index contributed by atoms with van der Waals surface area (Å²) >= 11 is 0. The molecule has 2 unspecified atom stereocenters. The van der Waals surface area contributed by atoms with Crippen LogP contribution in [0.1, 0.15) is 15.9 Å². The molecule has 0 aromatic heterocycles. The molecule has 7 heteroatoms. The number of halogens is 3. The Kier molecular flexibility index (Phi) is 5.29. The lowest BCUT2D eigenvalue weighted by molar-refractivity contribution is -0.137. The number of rotatable bonds is 4. The highest BCUT2D eigenvalue weighted by Gasteiger charge is 2.30. The van der Waals surface area contributed by atoms with Crippen molar-refractivity contribution in [2.24, 2.45) is 5.92 Å². The predicted molar refractivity (Wildman–Crippen MR) is 91.6 cm³/mol. The number of carbonyl (C=O) groups excluding carboxylic acids is 1. The SMILES string of the molecule is O=C(NCC1CNCC1O)c1ccccc1-c1ccc(C(F)(F)F)cc1. The maximum absolute atomic E-state index is 12.7. The molecule has 1 heterocycles. The topological polar surface area (TPSA) is 61.4 Å². The Morgan fingerprint density at radius 1 is 1.12 bits per heavy atom. The second-order valence-electron chi connectivity index (χ2n) is 6.32. The zero-order valence-electron chi connectivity index (χ0n) is 13.9. The quantitative estimate of drug-likeness (QED) is 0.782. The van der Waals surface area contributed by atoms with Crippen LogP contribution in [0, 0.1) is 5.92 Å². The van der Waals surface area contributed by atoms with Gasteiger partial charge in [0, 0.05) is 31.1 Å². The van der Waals surface area contributed by atoms with Crippen LogP contribution < -0.4 is 10.6 Å². The van der Waals surface area contributed by atoms with Crippen LogP contribution in [0.25, 0.3) is 11.1 Å². The van der Waals surface area contributed by atoms with Crippen molar-refractivity contribution in [3.05, 3.63) is 59.7 Å². The van der Waals surface area contributed by atoms with E-state index in [0.717, 1.165) is 12.1 Å². The standard InChI is InChI=1S/C19H19F3N2O2/c20-19(21,22)14-7-5-12(6-8-14)15-3-1-2-4-16(15)18(26)24-10-13-9-23-11-17(13)25/h1-8,13,17,23,25H,9-11H2,(H,24,26). The number of amides is 1. The Morgan fingerprint density at radius 3 is 2.42 bits per heavy atom. The Hall–Kier alpha value is -2.38. The summed E-state index contributed by atoms with van der Waals surface area (Å²) in [6, 6.07) is 11.5. The molecule has 0 radical (unpaired) electrons. The molecule has 0 spiro atoms. The Labute approximate surface area is 149 Å². The van der Waals surface area contributed by atoms with Crippen molar-refractivity contribution < 1.29 is 23.1 Å². The fourth-order valence-electron chi connectivity index (χ4n) is 3.02. The number of alkyl halides is 3. The fourth-order valence-corrected chi connectivity index (χ4v) is 3.02. The van der Waals surface area contributed by atoms with E-state index in [1.807, 2.05) is 0 Å². The number of β-amino-alcohol motifs (C(OH)–C–C–N with tert-alkyl or cyclic N) is 1. The van der Waals surface area contributed by atoms with E-state index in [2.05, 4.69) is 10.6 Å². The maximum atomic E-state index is 12.7. The minimum Gasteiger partial charge on any atom is -0.391 e. The van der Waals surface area contributed by atoms with Gasteiger partial charge < -0.3 is 15.7 Å². The molecule has 1 fully saturated rings. The minimum absolute atomic E-state index is 0.0582. The highest BCUT2D eigenvalue weighted by Crippen LogP contribution is 2.31. The molecule has 3 rings (SSSR count). The number of carbonyl (C=O) groups is 1. The van der Waals surface area contributed by atoms with Gasteiger partial charge in [-0.1, -0.05) is 30.3 Å². The van der Waals surface area contributed by atoms with Crippen LogP contribution in [0.2, 0.25) is 0 Å². The molecule has 4 nitrogen and oxygen atoms in total. The molecule has 26 heavy (non-hydrogen) atoms. The predicted octanol–water partition coefficient (Wildman–Crippen LogP) is 2.68. The van der Waals surface area contributed by atoms with Crippen LogP contribution in [-0.4, -0.2) is 36.8 Å². The largest absolute Gasteiger partial charge is 0.416 e. The molecule has 1 aliphatic rings. The molecule has 0 saturated carbocycles. The monoisotopic (exact) mass is 364 g/mol. The fraction of sp³-hybridized carbons (Fsp3) is 0.316. The van der Waals surface area contributed by atoms with E-state index in [0.29, 0.717) is 36.3 Å². The van der Waals surface area contributed by atoms with Gasteiger partial charge in [0.05, 0.1) is 11.7 Å². The van der Waals surface area contributed by atoms with Gasteiger partial charge in [0.2, 0.25) is 0 Å². The molecular formula is C19H19F3N2O2. The lowest BCUT2D eigenvalue weighted by Gasteiger charge is -2.16. The van der Waals surface area contributed by atoms with Crippen molar-refractivity contribution in [2.75, 3.05) is 19.6 Å². The van der Waals surface area contributed by atoms with Crippen LogP contribution in [0.15, 0.2) is 48.5 Å². The third-order valence-corrected chi connectivity index (χ3v) is 4.52. The van der Waals surface area contributed by atoms with Gasteiger partial charge >= 0.3 is 6.18 Å². The Bertz CT molecular complexity index is 775. The molecule has 1 amide bonds. The summed E-state index contributed by atoms with van der Waals surface area (Å²) in [7, 11) is 0. The third kappa shape index (κ3) is 4.05. The number of nitrogens with one attached hydrogen (secondary N) is 2. The van der Waals surface area contributed by atoms with E-state index in [1.165, 1.54) is 12.1 Å². The molecule has 3 N–H and O–H groups in total. The van der Waals surface area contributed by atoms with Gasteiger partial charge in [-0.3, -0.25) is 4.79 Å². The van der Waals surface area contributed by atoms with Gasteiger partial charge in [-0.25, -0.2) is 0 Å². The molecule has 0 bridgehead atoms. The van der Waals surface area contributed by atoms with Crippen molar-refractivity contribution in [3.63, 3.8) is 0 Å². The first-order valence-corrected chi connectivity index (χ1v) is 8.30. The molecule has 2 aromatic carbocycles. The molecular weight excluding hydrogens is 345 g/mol. The van der Waals surface area contributed by atoms with Gasteiger partial charge in [-0.15, -0.1) is 0 Å². The number of hydrogen-bond acceptors (Lipinski definition) is 3. The van der Waals surface area contributed by atoms with Crippen LogP contribution in [-0.2, 0) is 6.18 Å². The highest BCUT2D eigenvalue weighted by molar-refractivity contribution is 6.00. The van der Waals surface area contributed by atoms with E-state index in [9.17, 15) is 23.1 Å². The number of aliphatic hydroxyl groups excluding tert-OH is 1. The summed E-state index contributed by atoms with van der Waals surface area (Å²) in [5.41, 5.74) is 0.744. The van der Waals surface area contributed by atoms with Gasteiger partial charge in [0.15, 0.2) is 0 Å². The smallest absolute Gasteiger partial charge is 0.391 e. The van der Waals surface area contributed by atoms with Crippen LogP contribution in [0.3, 0.4) is 0 Å². The highest BCUT2D eigenvalue weighted by atomic mass is 19.4. The first-order chi connectivity index (χ1) is 12.4. The summed E-state index contributed by atoms with van der Waals surface area (Å²) in [6.07, 6.45) is -4.90. The van der Waals surface area contributed by atoms with E-state index >= 15 is 0 Å². The van der Waals surface area contributed by atoms with Crippen molar-refractivity contribution in [3.8, 4) is 11.1 Å². The Morgan fingerprint density at radius 2 is 1.81 bits per heavy atom. The molecule has 0 aliphatic carbocycles. The first-order valence-electron chi connectivity index (χ1n) is 8.30. The number of aliphatic hydroxyl groups is 1. The first kappa shape index (κ1) is 18.4. The van der Waals surface area contributed by atoms with E-state index < -0.39 is 17.8 Å². The third-order valence-electron chi connectivity index (χ3n) is 4.52. The molecule has 2 atom stereocenters. The summed E-state index contributed by atoms with van der Waals surface area (Å²) in [6.45, 7) is 1.46.